The van der Waals surface area contributed by atoms with E-state index in [-0.39, 0.29) is 35.4 Å². The van der Waals surface area contributed by atoms with Gasteiger partial charge in [0, 0.05) is 29.8 Å². The third-order valence-corrected chi connectivity index (χ3v) is 5.89. The Balaban J connectivity index is 1.57. The van der Waals surface area contributed by atoms with Crippen molar-refractivity contribution < 1.29 is 33.1 Å². The van der Waals surface area contributed by atoms with Crippen molar-refractivity contribution in [3.05, 3.63) is 29.3 Å². The monoisotopic (exact) mass is 452 g/mol. The highest BCUT2D eigenvalue weighted by molar-refractivity contribution is 8.13. The first-order valence-corrected chi connectivity index (χ1v) is 11.1. The summed E-state index contributed by atoms with van der Waals surface area (Å²) in [5.41, 5.74) is 0.686. The average molecular weight is 453 g/mol. The number of furan rings is 1. The van der Waals surface area contributed by atoms with Gasteiger partial charge in [0.15, 0.2) is 6.61 Å². The quantitative estimate of drug-likeness (QED) is 0.577. The number of ether oxygens (including phenoxy) is 2. The van der Waals surface area contributed by atoms with Crippen molar-refractivity contribution in [2.45, 2.75) is 13.3 Å². The van der Waals surface area contributed by atoms with Crippen molar-refractivity contribution >= 4 is 51.2 Å². The van der Waals surface area contributed by atoms with Gasteiger partial charge in [-0.05, 0) is 19.1 Å². The lowest BCUT2D eigenvalue weighted by Crippen LogP contribution is -2.28. The Morgan fingerprint density at radius 1 is 1.30 bits per heavy atom. The highest BCUT2D eigenvalue weighted by atomic mass is 32.2. The molecule has 0 spiro atoms. The maximum absolute atomic E-state index is 12.4. The van der Waals surface area contributed by atoms with Crippen molar-refractivity contribution in [2.75, 3.05) is 37.4 Å². The summed E-state index contributed by atoms with van der Waals surface area (Å²) >= 11 is 2.35. The molecule has 1 aliphatic heterocycles. The van der Waals surface area contributed by atoms with Crippen LogP contribution in [-0.2, 0) is 19.1 Å². The van der Waals surface area contributed by atoms with Crippen molar-refractivity contribution in [1.82, 2.24) is 4.90 Å². The van der Waals surface area contributed by atoms with Gasteiger partial charge in [0.2, 0.25) is 0 Å². The molecule has 30 heavy (non-hydrogen) atoms. The second-order valence-corrected chi connectivity index (χ2v) is 8.04. The normalized spacial score (nSPS) is 13.4. The molecule has 1 saturated heterocycles. The molecule has 0 radical (unpaired) electrons. The van der Waals surface area contributed by atoms with Crippen LogP contribution >= 0.6 is 23.1 Å². The molecule has 0 bridgehead atoms. The van der Waals surface area contributed by atoms with Gasteiger partial charge >= 0.3 is 11.9 Å². The van der Waals surface area contributed by atoms with Gasteiger partial charge in [0.25, 0.3) is 11.1 Å². The second-order valence-electron chi connectivity index (χ2n) is 6.11. The molecule has 0 aliphatic carbocycles. The van der Waals surface area contributed by atoms with Gasteiger partial charge in [-0.2, -0.15) is 0 Å². The molecule has 2 aromatic rings. The van der Waals surface area contributed by atoms with Gasteiger partial charge in [-0.25, -0.2) is 4.79 Å². The van der Waals surface area contributed by atoms with Crippen LogP contribution in [0.5, 0.6) is 0 Å². The van der Waals surface area contributed by atoms with Gasteiger partial charge in [0.05, 0.1) is 19.3 Å². The zero-order valence-electron chi connectivity index (χ0n) is 16.2. The minimum atomic E-state index is -0.592. The number of anilines is 1. The minimum absolute atomic E-state index is 0.00923. The van der Waals surface area contributed by atoms with Crippen LogP contribution in [0.4, 0.5) is 9.80 Å². The van der Waals surface area contributed by atoms with E-state index in [1.54, 1.807) is 29.3 Å². The van der Waals surface area contributed by atoms with Gasteiger partial charge in [-0.15, -0.1) is 11.3 Å². The fourth-order valence-corrected chi connectivity index (χ4v) is 4.51. The Morgan fingerprint density at radius 3 is 2.80 bits per heavy atom. The lowest BCUT2D eigenvalue weighted by molar-refractivity contribution is -0.147. The molecular formula is C19H20N2O7S2. The van der Waals surface area contributed by atoms with Crippen LogP contribution in [0.3, 0.4) is 0 Å². The fraction of sp³-hybridized carbons (Fsp3) is 0.368. The van der Waals surface area contributed by atoms with E-state index in [0.29, 0.717) is 23.6 Å². The van der Waals surface area contributed by atoms with Gasteiger partial charge in [-0.1, -0.05) is 11.8 Å². The summed E-state index contributed by atoms with van der Waals surface area (Å²) in [6, 6.07) is 3.38. The van der Waals surface area contributed by atoms with E-state index in [4.69, 9.17) is 13.9 Å². The molecule has 3 rings (SSSR count). The number of hydrogen-bond donors (Lipinski definition) is 1. The number of nitrogens with zero attached hydrogens (tertiary/aromatic N) is 1. The number of carbonyl (C=O) groups is 4. The molecule has 1 fully saturated rings. The van der Waals surface area contributed by atoms with Crippen LogP contribution in [0.25, 0.3) is 11.3 Å². The summed E-state index contributed by atoms with van der Waals surface area (Å²) in [6.07, 6.45) is 1.49. The topological polar surface area (TPSA) is 115 Å². The average Bonchev–Trinajstić information content (AvgIpc) is 3.46. The Kier molecular flexibility index (Phi) is 7.52. The number of thioether (sulfide) groups is 1. The molecule has 9 nitrogen and oxygen atoms in total. The largest absolute Gasteiger partial charge is 0.464 e. The number of esters is 2. The molecule has 1 N–H and O–H groups in total. The maximum atomic E-state index is 12.4. The zero-order valence-corrected chi connectivity index (χ0v) is 17.8. The number of rotatable bonds is 9. The molecule has 2 amide bonds. The third-order valence-electron chi connectivity index (χ3n) is 4.11. The van der Waals surface area contributed by atoms with Gasteiger partial charge in [-0.3, -0.25) is 14.4 Å². The van der Waals surface area contributed by atoms with Gasteiger partial charge in [0.1, 0.15) is 16.3 Å². The standard InChI is InChI=1S/C19H20N2O7S2/c1-2-26-18(24)16-12(13-4-3-8-27-13)11-30-17(16)20-14(22)10-28-15(23)5-6-21-7-9-29-19(21)25/h3-4,8,11H,2,5-7,9-10H2,1H3,(H,20,22). The minimum Gasteiger partial charge on any atom is -0.464 e. The Bertz CT molecular complexity index is 923. The molecule has 1 aliphatic rings. The van der Waals surface area contributed by atoms with Crippen LogP contribution < -0.4 is 5.32 Å². The number of nitrogens with one attached hydrogen (secondary N) is 1. The molecule has 11 heteroatoms. The molecule has 0 atom stereocenters. The van der Waals surface area contributed by atoms with E-state index in [1.165, 1.54) is 18.0 Å². The van der Waals surface area contributed by atoms with E-state index in [2.05, 4.69) is 5.32 Å². The van der Waals surface area contributed by atoms with E-state index in [1.807, 2.05) is 0 Å². The lowest BCUT2D eigenvalue weighted by atomic mass is 10.1. The Hall–Kier alpha value is -2.79. The van der Waals surface area contributed by atoms with E-state index in [0.717, 1.165) is 11.3 Å². The lowest BCUT2D eigenvalue weighted by Gasteiger charge is -2.13. The van der Waals surface area contributed by atoms with Gasteiger partial charge < -0.3 is 24.1 Å². The number of thiophene rings is 1. The fourth-order valence-electron chi connectivity index (χ4n) is 2.70. The summed E-state index contributed by atoms with van der Waals surface area (Å²) in [7, 11) is 0. The predicted molar refractivity (Wildman–Crippen MR) is 112 cm³/mol. The highest BCUT2D eigenvalue weighted by Crippen LogP contribution is 2.36. The molecular weight excluding hydrogens is 432 g/mol. The molecule has 3 heterocycles. The summed E-state index contributed by atoms with van der Waals surface area (Å²) in [6.45, 7) is 2.22. The maximum Gasteiger partial charge on any atom is 0.341 e. The van der Waals surface area contributed by atoms with E-state index < -0.39 is 24.5 Å². The number of amides is 2. The number of carbonyl (C=O) groups excluding carboxylic acids is 4. The van der Waals surface area contributed by atoms with E-state index >= 15 is 0 Å². The van der Waals surface area contributed by atoms with Crippen LogP contribution in [0, 0.1) is 0 Å². The van der Waals surface area contributed by atoms with E-state index in [9.17, 15) is 19.2 Å². The van der Waals surface area contributed by atoms with Crippen molar-refractivity contribution in [1.29, 1.82) is 0 Å². The first-order valence-electron chi connectivity index (χ1n) is 9.19. The number of hydrogen-bond acceptors (Lipinski definition) is 9. The van der Waals surface area contributed by atoms with Crippen molar-refractivity contribution in [2.24, 2.45) is 0 Å². The highest BCUT2D eigenvalue weighted by Gasteiger charge is 2.25. The Morgan fingerprint density at radius 2 is 2.13 bits per heavy atom. The smallest absolute Gasteiger partial charge is 0.341 e. The molecule has 0 unspecified atom stereocenters. The van der Waals surface area contributed by atoms with Crippen molar-refractivity contribution in [3.63, 3.8) is 0 Å². The summed E-state index contributed by atoms with van der Waals surface area (Å²) < 4.78 is 15.4. The predicted octanol–water partition coefficient (Wildman–Crippen LogP) is 3.23. The third kappa shape index (κ3) is 5.42. The second kappa shape index (κ2) is 10.3. The van der Waals surface area contributed by atoms with Crippen LogP contribution in [0.15, 0.2) is 28.2 Å². The van der Waals surface area contributed by atoms with Crippen LogP contribution in [0.2, 0.25) is 0 Å². The summed E-state index contributed by atoms with van der Waals surface area (Å²) in [5, 5.41) is 4.48. The molecule has 0 saturated carbocycles. The Labute approximate surface area is 180 Å². The first kappa shape index (κ1) is 21.9. The molecule has 160 valence electrons. The SMILES string of the molecule is CCOC(=O)c1c(-c2ccco2)csc1NC(=O)COC(=O)CCN1CCSC1=O. The molecule has 0 aromatic carbocycles. The summed E-state index contributed by atoms with van der Waals surface area (Å²) in [4.78, 5) is 49.6. The van der Waals surface area contributed by atoms with Crippen molar-refractivity contribution in [3.8, 4) is 11.3 Å². The first-order chi connectivity index (χ1) is 14.5. The molecule has 2 aromatic heterocycles. The summed E-state index contributed by atoms with van der Waals surface area (Å²) in [5.74, 6) is -0.584. The van der Waals surface area contributed by atoms with Crippen LogP contribution in [-0.4, -0.2) is 60.0 Å². The van der Waals surface area contributed by atoms with Crippen LogP contribution in [0.1, 0.15) is 23.7 Å². The zero-order chi connectivity index (χ0) is 21.5.